The van der Waals surface area contributed by atoms with Crippen LogP contribution in [-0.2, 0) is 4.79 Å². The van der Waals surface area contributed by atoms with Crippen LogP contribution in [0, 0.1) is 13.8 Å². The number of anilines is 2. The van der Waals surface area contributed by atoms with Gasteiger partial charge in [-0.2, -0.15) is 0 Å². The summed E-state index contributed by atoms with van der Waals surface area (Å²) in [4.78, 5) is 35.7. The molecule has 1 aromatic carbocycles. The summed E-state index contributed by atoms with van der Waals surface area (Å²) in [5.74, 6) is 0.750. The molecule has 0 saturated heterocycles. The molecule has 1 aliphatic carbocycles. The summed E-state index contributed by atoms with van der Waals surface area (Å²) in [6.07, 6.45) is 7.30. The first-order valence-electron chi connectivity index (χ1n) is 12.4. The molecule has 11 heteroatoms. The summed E-state index contributed by atoms with van der Waals surface area (Å²) in [5, 5.41) is 13.7. The number of carbonyl (C=O) groups is 2. The molecule has 38 heavy (non-hydrogen) atoms. The second-order valence-corrected chi connectivity index (χ2v) is 10.1. The number of hydrogen-bond acceptors (Lipinski definition) is 8. The van der Waals surface area contributed by atoms with Gasteiger partial charge < -0.3 is 25.4 Å². The molecule has 0 radical (unpaired) electrons. The number of amides is 2. The molecular weight excluding hydrogens is 506 g/mol. The summed E-state index contributed by atoms with van der Waals surface area (Å²) in [5.41, 5.74) is 3.22. The first-order valence-corrected chi connectivity index (χ1v) is 12.8. The summed E-state index contributed by atoms with van der Waals surface area (Å²) in [6.45, 7) is 4.34. The predicted molar refractivity (Wildman–Crippen MR) is 147 cm³/mol. The molecular formula is C27H32ClN7O3. The Labute approximate surface area is 226 Å². The largest absolute Gasteiger partial charge is 0.361 e. The van der Waals surface area contributed by atoms with E-state index in [-0.39, 0.29) is 23.9 Å². The van der Waals surface area contributed by atoms with Crippen molar-refractivity contribution in [3.8, 4) is 11.3 Å². The van der Waals surface area contributed by atoms with Crippen molar-refractivity contribution in [1.29, 1.82) is 0 Å². The van der Waals surface area contributed by atoms with E-state index in [1.54, 1.807) is 36.5 Å². The van der Waals surface area contributed by atoms with Crippen LogP contribution in [0.25, 0.3) is 11.3 Å². The SMILES string of the molecule is Cc1noc(C)c1-c1nc(NC2CCC(NC(=O)c3ccc(NC(=O)/C=C/CN(C)C)cc3)C2)ncc1Cl. The third-order valence-corrected chi connectivity index (χ3v) is 6.55. The number of likely N-dealkylation sites (N-methyl/N-ethyl adjacent to an activating group) is 1. The highest BCUT2D eigenvalue weighted by Crippen LogP contribution is 2.32. The molecule has 2 aromatic heterocycles. The van der Waals surface area contributed by atoms with Crippen LogP contribution in [0.1, 0.15) is 41.1 Å². The fourth-order valence-corrected chi connectivity index (χ4v) is 4.57. The van der Waals surface area contributed by atoms with Gasteiger partial charge in [-0.3, -0.25) is 9.59 Å². The second kappa shape index (κ2) is 12.2. The number of aromatic nitrogens is 3. The first kappa shape index (κ1) is 27.3. The Morgan fingerprint density at radius 1 is 1.16 bits per heavy atom. The van der Waals surface area contributed by atoms with Crippen LogP contribution in [-0.4, -0.2) is 64.6 Å². The Hall–Kier alpha value is -3.76. The van der Waals surface area contributed by atoms with E-state index >= 15 is 0 Å². The number of nitrogens with one attached hydrogen (secondary N) is 3. The summed E-state index contributed by atoms with van der Waals surface area (Å²) >= 11 is 6.36. The Morgan fingerprint density at radius 2 is 1.89 bits per heavy atom. The lowest BCUT2D eigenvalue weighted by atomic mass is 10.1. The van der Waals surface area contributed by atoms with Gasteiger partial charge in [-0.25, -0.2) is 9.97 Å². The molecule has 200 valence electrons. The molecule has 0 spiro atoms. The lowest BCUT2D eigenvalue weighted by Gasteiger charge is -2.15. The van der Waals surface area contributed by atoms with Crippen molar-refractivity contribution in [3.05, 3.63) is 64.7 Å². The van der Waals surface area contributed by atoms with Crippen molar-refractivity contribution in [3.63, 3.8) is 0 Å². The van der Waals surface area contributed by atoms with Gasteiger partial charge in [0, 0.05) is 36.0 Å². The van der Waals surface area contributed by atoms with Gasteiger partial charge in [0.15, 0.2) is 0 Å². The molecule has 10 nitrogen and oxygen atoms in total. The van der Waals surface area contributed by atoms with E-state index in [2.05, 4.69) is 31.1 Å². The van der Waals surface area contributed by atoms with Gasteiger partial charge in [0.2, 0.25) is 11.9 Å². The third-order valence-electron chi connectivity index (χ3n) is 6.27. The quantitative estimate of drug-likeness (QED) is 0.346. The Morgan fingerprint density at radius 3 is 2.58 bits per heavy atom. The number of halogens is 1. The maximum atomic E-state index is 12.8. The molecule has 2 amide bonds. The van der Waals surface area contributed by atoms with Crippen LogP contribution >= 0.6 is 11.6 Å². The second-order valence-electron chi connectivity index (χ2n) is 9.65. The normalized spacial score (nSPS) is 17.2. The molecule has 0 bridgehead atoms. The lowest BCUT2D eigenvalue weighted by Crippen LogP contribution is -2.34. The Kier molecular flexibility index (Phi) is 8.75. The van der Waals surface area contributed by atoms with Gasteiger partial charge in [-0.1, -0.05) is 22.8 Å². The monoisotopic (exact) mass is 537 g/mol. The lowest BCUT2D eigenvalue weighted by molar-refractivity contribution is -0.111. The first-order chi connectivity index (χ1) is 18.2. The zero-order chi connectivity index (χ0) is 27.2. The van der Waals surface area contributed by atoms with Crippen LogP contribution < -0.4 is 16.0 Å². The molecule has 1 fully saturated rings. The highest BCUT2D eigenvalue weighted by atomic mass is 35.5. The maximum absolute atomic E-state index is 12.8. The van der Waals surface area contributed by atoms with Crippen molar-refractivity contribution in [1.82, 2.24) is 25.3 Å². The summed E-state index contributed by atoms with van der Waals surface area (Å²) in [7, 11) is 3.86. The number of aryl methyl sites for hydroxylation is 2. The smallest absolute Gasteiger partial charge is 0.251 e. The van der Waals surface area contributed by atoms with Crippen LogP contribution in [0.4, 0.5) is 11.6 Å². The van der Waals surface area contributed by atoms with Crippen molar-refractivity contribution in [2.24, 2.45) is 0 Å². The van der Waals surface area contributed by atoms with Gasteiger partial charge >= 0.3 is 0 Å². The van der Waals surface area contributed by atoms with Crippen molar-refractivity contribution >= 4 is 35.1 Å². The minimum absolute atomic E-state index is 0.0237. The van der Waals surface area contributed by atoms with Gasteiger partial charge in [-0.05, 0) is 71.5 Å². The van der Waals surface area contributed by atoms with Crippen LogP contribution in [0.15, 0.2) is 47.1 Å². The molecule has 1 saturated carbocycles. The highest BCUT2D eigenvalue weighted by Gasteiger charge is 2.27. The van der Waals surface area contributed by atoms with Crippen LogP contribution in [0.2, 0.25) is 5.02 Å². The molecule has 0 aliphatic heterocycles. The average molecular weight is 538 g/mol. The van der Waals surface area contributed by atoms with E-state index in [0.717, 1.165) is 24.8 Å². The number of benzene rings is 1. The molecule has 2 atom stereocenters. The molecule has 1 aliphatic rings. The van der Waals surface area contributed by atoms with E-state index in [1.807, 2.05) is 32.8 Å². The van der Waals surface area contributed by atoms with E-state index < -0.39 is 0 Å². The molecule has 4 rings (SSSR count). The molecule has 3 N–H and O–H groups in total. The van der Waals surface area contributed by atoms with Crippen molar-refractivity contribution < 1.29 is 14.1 Å². The highest BCUT2D eigenvalue weighted by molar-refractivity contribution is 6.33. The minimum atomic E-state index is -0.211. The van der Waals surface area contributed by atoms with Crippen LogP contribution in [0.3, 0.4) is 0 Å². The van der Waals surface area contributed by atoms with E-state index in [9.17, 15) is 9.59 Å². The third kappa shape index (κ3) is 6.96. The maximum Gasteiger partial charge on any atom is 0.251 e. The fourth-order valence-electron chi connectivity index (χ4n) is 4.39. The number of hydrogen-bond donors (Lipinski definition) is 3. The summed E-state index contributed by atoms with van der Waals surface area (Å²) < 4.78 is 5.26. The Balaban J connectivity index is 1.30. The average Bonchev–Trinajstić information content (AvgIpc) is 3.45. The number of nitrogens with zero attached hydrogens (tertiary/aromatic N) is 4. The fraction of sp³-hybridized carbons (Fsp3) is 0.370. The Bertz CT molecular complexity index is 1300. The molecule has 3 aromatic rings. The summed E-state index contributed by atoms with van der Waals surface area (Å²) in [6, 6.07) is 6.99. The van der Waals surface area contributed by atoms with Gasteiger partial charge in [0.05, 0.1) is 28.2 Å². The minimum Gasteiger partial charge on any atom is -0.361 e. The van der Waals surface area contributed by atoms with E-state index in [0.29, 0.717) is 45.9 Å². The molecule has 2 heterocycles. The van der Waals surface area contributed by atoms with Crippen molar-refractivity contribution in [2.75, 3.05) is 31.3 Å². The number of carbonyl (C=O) groups excluding carboxylic acids is 2. The van der Waals surface area contributed by atoms with E-state index in [1.165, 1.54) is 6.08 Å². The predicted octanol–water partition coefficient (Wildman–Crippen LogP) is 4.22. The standard InChI is InChI=1S/C27H32ClN7O3/c1-16-24(17(2)38-34-16)25-22(28)15-29-27(33-25)32-21-12-11-20(14-21)31-26(37)18-7-9-19(10-8-18)30-23(36)6-5-13-35(3)4/h5-10,15,20-21H,11-14H2,1-4H3,(H,30,36)(H,31,37)(H,29,32,33)/b6-5+. The van der Waals surface area contributed by atoms with E-state index in [4.69, 9.17) is 16.1 Å². The zero-order valence-corrected chi connectivity index (χ0v) is 22.7. The number of rotatable bonds is 9. The van der Waals surface area contributed by atoms with Crippen molar-refractivity contribution in [2.45, 2.75) is 45.2 Å². The van der Waals surface area contributed by atoms with Crippen LogP contribution in [0.5, 0.6) is 0 Å². The topological polar surface area (TPSA) is 125 Å². The van der Waals surface area contributed by atoms with Gasteiger partial charge in [0.1, 0.15) is 5.76 Å². The van der Waals surface area contributed by atoms with Gasteiger partial charge in [0.25, 0.3) is 5.91 Å². The molecule has 2 unspecified atom stereocenters. The van der Waals surface area contributed by atoms with Gasteiger partial charge in [-0.15, -0.1) is 0 Å². The zero-order valence-electron chi connectivity index (χ0n) is 21.9.